The number of likely N-dealkylation sites (tertiary alicyclic amines) is 1. The minimum atomic E-state index is 0.0830. The molecule has 0 unspecified atom stereocenters. The van der Waals surface area contributed by atoms with Crippen molar-refractivity contribution in [3.63, 3.8) is 0 Å². The summed E-state index contributed by atoms with van der Waals surface area (Å²) in [5.41, 5.74) is 2.06. The molecular formula is C20H30N2O. The van der Waals surface area contributed by atoms with Crippen molar-refractivity contribution in [1.29, 1.82) is 0 Å². The standard InChI is InChI=1S/C20H30N2O/c23-20(21-12-6-10-17-7-1-2-8-17)19-11-5-9-18(15-19)16-22-13-3-4-14-22/h5,9,11,15,17H,1-4,6-8,10,12-14,16H2,(H,21,23). The maximum atomic E-state index is 12.3. The normalized spacial score (nSPS) is 19.3. The van der Waals surface area contributed by atoms with Gasteiger partial charge in [0.05, 0.1) is 0 Å². The van der Waals surface area contributed by atoms with Crippen LogP contribution in [0.5, 0.6) is 0 Å². The molecule has 0 atom stereocenters. The molecule has 1 amide bonds. The lowest BCUT2D eigenvalue weighted by molar-refractivity contribution is 0.0952. The number of nitrogens with zero attached hydrogens (tertiary/aromatic N) is 1. The molecule has 1 N–H and O–H groups in total. The van der Waals surface area contributed by atoms with Crippen LogP contribution in [0.1, 0.15) is 67.3 Å². The van der Waals surface area contributed by atoms with E-state index >= 15 is 0 Å². The smallest absolute Gasteiger partial charge is 0.251 e. The Balaban J connectivity index is 1.42. The summed E-state index contributed by atoms with van der Waals surface area (Å²) in [6.45, 7) is 4.17. The Morgan fingerprint density at radius 3 is 2.70 bits per heavy atom. The van der Waals surface area contributed by atoms with Gasteiger partial charge in [0.15, 0.2) is 0 Å². The lowest BCUT2D eigenvalue weighted by Gasteiger charge is -2.15. The van der Waals surface area contributed by atoms with Crippen molar-refractivity contribution in [3.05, 3.63) is 35.4 Å². The van der Waals surface area contributed by atoms with E-state index in [-0.39, 0.29) is 5.91 Å². The molecule has 1 aliphatic heterocycles. The van der Waals surface area contributed by atoms with Gasteiger partial charge in [0.1, 0.15) is 0 Å². The van der Waals surface area contributed by atoms with E-state index in [1.165, 1.54) is 63.6 Å². The molecule has 1 heterocycles. The lowest BCUT2D eigenvalue weighted by atomic mass is 10.0. The number of carbonyl (C=O) groups is 1. The number of hydrogen-bond donors (Lipinski definition) is 1. The summed E-state index contributed by atoms with van der Waals surface area (Å²) >= 11 is 0. The summed E-state index contributed by atoms with van der Waals surface area (Å²) < 4.78 is 0. The van der Waals surface area contributed by atoms with Crippen molar-refractivity contribution >= 4 is 5.91 Å². The Labute approximate surface area is 140 Å². The fourth-order valence-corrected chi connectivity index (χ4v) is 4.00. The molecule has 3 nitrogen and oxygen atoms in total. The summed E-state index contributed by atoms with van der Waals surface area (Å²) in [6.07, 6.45) is 10.6. The van der Waals surface area contributed by atoms with E-state index in [1.54, 1.807) is 0 Å². The van der Waals surface area contributed by atoms with Gasteiger partial charge < -0.3 is 5.32 Å². The Kier molecular flexibility index (Phi) is 6.09. The van der Waals surface area contributed by atoms with Crippen molar-refractivity contribution in [3.8, 4) is 0 Å². The number of hydrogen-bond acceptors (Lipinski definition) is 2. The molecule has 1 aromatic carbocycles. The first-order chi connectivity index (χ1) is 11.3. The largest absolute Gasteiger partial charge is 0.352 e. The minimum absolute atomic E-state index is 0.0830. The van der Waals surface area contributed by atoms with Crippen LogP contribution in [0.25, 0.3) is 0 Å². The molecule has 1 aliphatic carbocycles. The first-order valence-corrected chi connectivity index (χ1v) is 9.41. The Morgan fingerprint density at radius 1 is 1.13 bits per heavy atom. The third kappa shape index (κ3) is 5.07. The van der Waals surface area contributed by atoms with E-state index in [0.29, 0.717) is 0 Å². The maximum absolute atomic E-state index is 12.3. The summed E-state index contributed by atoms with van der Waals surface area (Å²) in [6, 6.07) is 8.14. The molecule has 3 rings (SSSR count). The highest BCUT2D eigenvalue weighted by Crippen LogP contribution is 2.28. The van der Waals surface area contributed by atoms with Gasteiger partial charge in [-0.15, -0.1) is 0 Å². The van der Waals surface area contributed by atoms with Gasteiger partial charge in [-0.3, -0.25) is 9.69 Å². The first-order valence-electron chi connectivity index (χ1n) is 9.41. The van der Waals surface area contributed by atoms with E-state index in [4.69, 9.17) is 0 Å². The molecule has 2 aliphatic rings. The van der Waals surface area contributed by atoms with Gasteiger partial charge in [-0.2, -0.15) is 0 Å². The molecule has 1 saturated heterocycles. The molecular weight excluding hydrogens is 284 g/mol. The molecule has 0 spiro atoms. The summed E-state index contributed by atoms with van der Waals surface area (Å²) in [5.74, 6) is 0.996. The van der Waals surface area contributed by atoms with Gasteiger partial charge in [0, 0.05) is 18.7 Å². The number of benzene rings is 1. The average Bonchev–Trinajstić information content (AvgIpc) is 3.25. The van der Waals surface area contributed by atoms with Gasteiger partial charge in [-0.05, 0) is 62.4 Å². The minimum Gasteiger partial charge on any atom is -0.352 e. The van der Waals surface area contributed by atoms with Crippen LogP contribution in [0.4, 0.5) is 0 Å². The molecule has 1 aromatic rings. The van der Waals surface area contributed by atoms with Gasteiger partial charge in [-0.1, -0.05) is 37.8 Å². The Hall–Kier alpha value is -1.35. The Morgan fingerprint density at radius 2 is 1.91 bits per heavy atom. The van der Waals surface area contributed by atoms with Crippen molar-refractivity contribution < 1.29 is 4.79 Å². The third-order valence-corrected chi connectivity index (χ3v) is 5.34. The summed E-state index contributed by atoms with van der Waals surface area (Å²) in [4.78, 5) is 14.8. The van der Waals surface area contributed by atoms with E-state index in [9.17, 15) is 4.79 Å². The molecule has 2 fully saturated rings. The summed E-state index contributed by atoms with van der Waals surface area (Å²) in [7, 11) is 0. The number of nitrogens with one attached hydrogen (secondary N) is 1. The number of rotatable bonds is 7. The highest BCUT2D eigenvalue weighted by molar-refractivity contribution is 5.94. The van der Waals surface area contributed by atoms with Crippen LogP contribution in [0.2, 0.25) is 0 Å². The van der Waals surface area contributed by atoms with Gasteiger partial charge >= 0.3 is 0 Å². The fraction of sp³-hybridized carbons (Fsp3) is 0.650. The maximum Gasteiger partial charge on any atom is 0.251 e. The molecule has 1 saturated carbocycles. The predicted molar refractivity (Wildman–Crippen MR) is 94.5 cm³/mol. The fourth-order valence-electron chi connectivity index (χ4n) is 4.00. The van der Waals surface area contributed by atoms with Gasteiger partial charge in [0.25, 0.3) is 5.91 Å². The summed E-state index contributed by atoms with van der Waals surface area (Å²) in [5, 5.41) is 3.09. The Bertz CT molecular complexity index is 502. The number of carbonyl (C=O) groups excluding carboxylic acids is 1. The molecule has 0 aromatic heterocycles. The highest BCUT2D eigenvalue weighted by atomic mass is 16.1. The lowest BCUT2D eigenvalue weighted by Crippen LogP contribution is -2.25. The van der Waals surface area contributed by atoms with Crippen LogP contribution < -0.4 is 5.32 Å². The second-order valence-electron chi connectivity index (χ2n) is 7.23. The van der Waals surface area contributed by atoms with Crippen molar-refractivity contribution in [1.82, 2.24) is 10.2 Å². The van der Waals surface area contributed by atoms with Gasteiger partial charge in [0.2, 0.25) is 0 Å². The molecule has 126 valence electrons. The SMILES string of the molecule is O=C(NCCCC1CCCC1)c1cccc(CN2CCCC2)c1. The van der Waals surface area contributed by atoms with Gasteiger partial charge in [-0.25, -0.2) is 0 Å². The highest BCUT2D eigenvalue weighted by Gasteiger charge is 2.15. The third-order valence-electron chi connectivity index (χ3n) is 5.34. The van der Waals surface area contributed by atoms with Crippen LogP contribution in [0, 0.1) is 5.92 Å². The second kappa shape index (κ2) is 8.49. The van der Waals surface area contributed by atoms with E-state index in [0.717, 1.165) is 31.0 Å². The van der Waals surface area contributed by atoms with Crippen LogP contribution in [0.15, 0.2) is 24.3 Å². The zero-order valence-corrected chi connectivity index (χ0v) is 14.2. The monoisotopic (exact) mass is 314 g/mol. The van der Waals surface area contributed by atoms with E-state index < -0.39 is 0 Å². The van der Waals surface area contributed by atoms with E-state index in [1.807, 2.05) is 12.1 Å². The second-order valence-corrected chi connectivity index (χ2v) is 7.23. The van der Waals surface area contributed by atoms with Crippen LogP contribution in [-0.2, 0) is 6.54 Å². The molecule has 23 heavy (non-hydrogen) atoms. The van der Waals surface area contributed by atoms with Crippen LogP contribution in [-0.4, -0.2) is 30.4 Å². The van der Waals surface area contributed by atoms with Crippen LogP contribution in [0.3, 0.4) is 0 Å². The zero-order valence-electron chi connectivity index (χ0n) is 14.2. The average molecular weight is 314 g/mol. The van der Waals surface area contributed by atoms with Crippen LogP contribution >= 0.6 is 0 Å². The van der Waals surface area contributed by atoms with Crippen molar-refractivity contribution in [2.75, 3.05) is 19.6 Å². The quantitative estimate of drug-likeness (QED) is 0.772. The van der Waals surface area contributed by atoms with E-state index in [2.05, 4.69) is 22.3 Å². The molecule has 0 radical (unpaired) electrons. The molecule has 3 heteroatoms. The molecule has 0 bridgehead atoms. The predicted octanol–water partition coefficient (Wildman–Crippen LogP) is 3.98. The van der Waals surface area contributed by atoms with Crippen molar-refractivity contribution in [2.45, 2.75) is 57.9 Å². The number of amides is 1. The topological polar surface area (TPSA) is 32.3 Å². The van der Waals surface area contributed by atoms with Crippen molar-refractivity contribution in [2.24, 2.45) is 5.92 Å². The zero-order chi connectivity index (χ0) is 15.9. The first kappa shape index (κ1) is 16.5.